The topological polar surface area (TPSA) is 38.7 Å². The lowest BCUT2D eigenvalue weighted by molar-refractivity contribution is 1.08. The minimum Gasteiger partial charge on any atom is -0.208 e. The molecule has 0 aliphatic carbocycles. The van der Waals surface area contributed by atoms with E-state index in [9.17, 15) is 0 Å². The molecule has 0 saturated heterocycles. The molecule has 210 valence electrons. The number of aromatic nitrogens is 3. The van der Waals surface area contributed by atoms with Gasteiger partial charge < -0.3 is 0 Å². The van der Waals surface area contributed by atoms with E-state index in [4.69, 9.17) is 15.0 Å². The van der Waals surface area contributed by atoms with Crippen LogP contribution >= 0.6 is 11.3 Å². The minimum absolute atomic E-state index is 0.657. The van der Waals surface area contributed by atoms with Crippen LogP contribution in [0.25, 0.3) is 87.0 Å². The Kier molecular flexibility index (Phi) is 6.00. The van der Waals surface area contributed by atoms with Crippen molar-refractivity contribution in [1.82, 2.24) is 15.0 Å². The van der Waals surface area contributed by atoms with Crippen molar-refractivity contribution in [3.8, 4) is 45.3 Å². The van der Waals surface area contributed by atoms with Crippen LogP contribution in [0.4, 0.5) is 0 Å². The second-order valence-electron chi connectivity index (χ2n) is 11.3. The quantitative estimate of drug-likeness (QED) is 0.204. The third-order valence-corrected chi connectivity index (χ3v) is 9.65. The van der Waals surface area contributed by atoms with Crippen LogP contribution in [0.2, 0.25) is 0 Å². The number of thiophene rings is 1. The fraction of sp³-hybridized carbons (Fsp3) is 0. The van der Waals surface area contributed by atoms with Gasteiger partial charge in [0.1, 0.15) is 0 Å². The summed E-state index contributed by atoms with van der Waals surface area (Å²) < 4.78 is 2.48. The zero-order valence-corrected chi connectivity index (χ0v) is 25.0. The van der Waals surface area contributed by atoms with Crippen LogP contribution in [-0.4, -0.2) is 15.0 Å². The summed E-state index contributed by atoms with van der Waals surface area (Å²) in [7, 11) is 0. The highest BCUT2D eigenvalue weighted by Crippen LogP contribution is 2.40. The molecule has 0 bridgehead atoms. The normalized spacial score (nSPS) is 11.6. The van der Waals surface area contributed by atoms with Crippen molar-refractivity contribution in [3.63, 3.8) is 0 Å². The van der Waals surface area contributed by atoms with E-state index in [0.717, 1.165) is 22.1 Å². The Balaban J connectivity index is 1.30. The molecule has 0 N–H and O–H groups in total. The van der Waals surface area contributed by atoms with Crippen LogP contribution in [0.3, 0.4) is 0 Å². The fourth-order valence-corrected chi connectivity index (χ4v) is 7.46. The van der Waals surface area contributed by atoms with Gasteiger partial charge >= 0.3 is 0 Å². The molecular formula is C41H25N3S. The first-order chi connectivity index (χ1) is 22.3. The number of hydrogen-bond acceptors (Lipinski definition) is 4. The van der Waals surface area contributed by atoms with E-state index in [1.807, 2.05) is 0 Å². The van der Waals surface area contributed by atoms with E-state index in [1.165, 1.54) is 47.5 Å². The first-order valence-corrected chi connectivity index (χ1v) is 15.8. The van der Waals surface area contributed by atoms with E-state index in [1.54, 1.807) is 11.3 Å². The Labute approximate surface area is 264 Å². The summed E-state index contributed by atoms with van der Waals surface area (Å²) in [6.45, 7) is 0. The summed E-state index contributed by atoms with van der Waals surface area (Å²) in [4.78, 5) is 15.5. The standard InChI is InChI=1S/C41H25N3S/c1-2-11-27(12-3-1)32-16-8-14-28-21-23-31(25-35(28)32)40-42-39(30-22-20-26-10-4-5-13-29(26)24-30)43-41(44-40)34-17-9-19-37-38(34)33-15-6-7-18-36(33)45-37/h1-25H. The number of benzene rings is 7. The van der Waals surface area contributed by atoms with Gasteiger partial charge in [-0.3, -0.25) is 0 Å². The Morgan fingerprint density at radius 3 is 1.84 bits per heavy atom. The molecule has 0 saturated carbocycles. The van der Waals surface area contributed by atoms with Crippen molar-refractivity contribution in [3.05, 3.63) is 152 Å². The van der Waals surface area contributed by atoms with Gasteiger partial charge in [-0.15, -0.1) is 11.3 Å². The lowest BCUT2D eigenvalue weighted by atomic mass is 9.96. The first kappa shape index (κ1) is 25.8. The van der Waals surface area contributed by atoms with Crippen LogP contribution in [0, 0.1) is 0 Å². The lowest BCUT2D eigenvalue weighted by Crippen LogP contribution is -2.00. The zero-order valence-electron chi connectivity index (χ0n) is 24.2. The average Bonchev–Trinajstić information content (AvgIpc) is 3.50. The molecule has 4 heteroatoms. The second kappa shape index (κ2) is 10.5. The van der Waals surface area contributed by atoms with Crippen molar-refractivity contribution < 1.29 is 0 Å². The van der Waals surface area contributed by atoms with Gasteiger partial charge in [0.05, 0.1) is 0 Å². The molecule has 2 aromatic heterocycles. The van der Waals surface area contributed by atoms with E-state index in [-0.39, 0.29) is 0 Å². The Hall–Kier alpha value is -5.71. The molecule has 2 heterocycles. The lowest BCUT2D eigenvalue weighted by Gasteiger charge is -2.12. The number of nitrogens with zero attached hydrogens (tertiary/aromatic N) is 3. The van der Waals surface area contributed by atoms with E-state index in [0.29, 0.717) is 17.5 Å². The van der Waals surface area contributed by atoms with E-state index < -0.39 is 0 Å². The fourth-order valence-electron chi connectivity index (χ4n) is 6.33. The highest BCUT2D eigenvalue weighted by atomic mass is 32.1. The van der Waals surface area contributed by atoms with Crippen molar-refractivity contribution in [1.29, 1.82) is 0 Å². The summed E-state index contributed by atoms with van der Waals surface area (Å²) in [5, 5.41) is 7.10. The summed E-state index contributed by atoms with van der Waals surface area (Å²) >= 11 is 1.80. The third-order valence-electron chi connectivity index (χ3n) is 8.51. The molecule has 0 radical (unpaired) electrons. The summed E-state index contributed by atoms with van der Waals surface area (Å²) in [6, 6.07) is 53.3. The molecule has 7 aromatic carbocycles. The predicted molar refractivity (Wildman–Crippen MR) is 189 cm³/mol. The second-order valence-corrected chi connectivity index (χ2v) is 12.3. The van der Waals surface area contributed by atoms with Crippen molar-refractivity contribution >= 4 is 53.1 Å². The average molecular weight is 592 g/mol. The van der Waals surface area contributed by atoms with Gasteiger partial charge in [0.2, 0.25) is 0 Å². The van der Waals surface area contributed by atoms with Gasteiger partial charge in [-0.1, -0.05) is 127 Å². The largest absolute Gasteiger partial charge is 0.208 e. The first-order valence-electron chi connectivity index (χ1n) is 15.0. The maximum atomic E-state index is 5.19. The van der Waals surface area contributed by atoms with Gasteiger partial charge in [0.25, 0.3) is 0 Å². The van der Waals surface area contributed by atoms with Crippen LogP contribution in [-0.2, 0) is 0 Å². The monoisotopic (exact) mass is 591 g/mol. The summed E-state index contributed by atoms with van der Waals surface area (Å²) in [6.07, 6.45) is 0. The molecule has 0 unspecified atom stereocenters. The number of rotatable bonds is 4. The predicted octanol–water partition coefficient (Wildman–Crippen LogP) is 11.2. The Morgan fingerprint density at radius 1 is 0.356 bits per heavy atom. The smallest absolute Gasteiger partial charge is 0.164 e. The van der Waals surface area contributed by atoms with Crippen molar-refractivity contribution in [2.75, 3.05) is 0 Å². The summed E-state index contributed by atoms with van der Waals surface area (Å²) in [5.74, 6) is 1.99. The van der Waals surface area contributed by atoms with Crippen LogP contribution in [0.1, 0.15) is 0 Å². The van der Waals surface area contributed by atoms with E-state index >= 15 is 0 Å². The SMILES string of the molecule is c1ccc(-c2cccc3ccc(-c4nc(-c5ccc6ccccc6c5)nc(-c5cccc6sc7ccccc7c56)n4)cc23)cc1. The molecule has 0 atom stereocenters. The molecule has 3 nitrogen and oxygen atoms in total. The van der Waals surface area contributed by atoms with Gasteiger partial charge in [-0.25, -0.2) is 15.0 Å². The molecule has 0 amide bonds. The van der Waals surface area contributed by atoms with Gasteiger partial charge in [-0.05, 0) is 56.9 Å². The molecule has 45 heavy (non-hydrogen) atoms. The Bertz CT molecular complexity index is 2550. The third kappa shape index (κ3) is 4.46. The molecule has 0 aliphatic rings. The van der Waals surface area contributed by atoms with Crippen LogP contribution in [0.15, 0.2) is 152 Å². The molecule has 9 rings (SSSR count). The Morgan fingerprint density at radius 2 is 0.978 bits per heavy atom. The molecule has 0 spiro atoms. The number of hydrogen-bond donors (Lipinski definition) is 0. The zero-order chi connectivity index (χ0) is 29.7. The highest BCUT2D eigenvalue weighted by Gasteiger charge is 2.17. The minimum atomic E-state index is 0.657. The van der Waals surface area contributed by atoms with Gasteiger partial charge in [0.15, 0.2) is 17.5 Å². The maximum Gasteiger partial charge on any atom is 0.164 e. The van der Waals surface area contributed by atoms with Crippen LogP contribution in [0.5, 0.6) is 0 Å². The molecule has 0 fully saturated rings. The van der Waals surface area contributed by atoms with Gasteiger partial charge in [-0.2, -0.15) is 0 Å². The number of fused-ring (bicyclic) bond motifs is 5. The molecule has 0 aliphatic heterocycles. The summed E-state index contributed by atoms with van der Waals surface area (Å²) in [5.41, 5.74) is 5.31. The molecule has 9 aromatic rings. The van der Waals surface area contributed by atoms with Crippen LogP contribution < -0.4 is 0 Å². The maximum absolute atomic E-state index is 5.19. The molecular weight excluding hydrogens is 567 g/mol. The van der Waals surface area contributed by atoms with Gasteiger partial charge in [0, 0.05) is 36.9 Å². The van der Waals surface area contributed by atoms with Crippen molar-refractivity contribution in [2.45, 2.75) is 0 Å². The highest BCUT2D eigenvalue weighted by molar-refractivity contribution is 7.25. The van der Waals surface area contributed by atoms with E-state index in [2.05, 4.69) is 152 Å². The van der Waals surface area contributed by atoms with Crippen molar-refractivity contribution in [2.24, 2.45) is 0 Å².